The van der Waals surface area contributed by atoms with Crippen molar-refractivity contribution >= 4 is 12.4 Å². The minimum Gasteiger partial charge on any atom is -0.508 e. The molecule has 0 unspecified atom stereocenters. The molecule has 1 rings (SSSR count). The molecule has 0 aliphatic rings. The van der Waals surface area contributed by atoms with Crippen molar-refractivity contribution in [2.45, 2.75) is 6.42 Å². The second kappa shape index (κ2) is 4.99. The fourth-order valence-corrected chi connectivity index (χ4v) is 0.829. The SMILES string of the molecule is Cl.NC[14CH2]c1ccc(O)cc1. The third-order valence-electron chi connectivity index (χ3n) is 1.37. The van der Waals surface area contributed by atoms with E-state index in [9.17, 15) is 0 Å². The normalized spacial score (nSPS) is 8.82. The van der Waals surface area contributed by atoms with Crippen LogP contribution in [0, 0.1) is 0 Å². The smallest absolute Gasteiger partial charge is 0.115 e. The van der Waals surface area contributed by atoms with Crippen molar-refractivity contribution in [2.75, 3.05) is 6.54 Å². The van der Waals surface area contributed by atoms with Crippen LogP contribution in [0.5, 0.6) is 5.75 Å². The molecule has 3 heteroatoms. The van der Waals surface area contributed by atoms with Crippen LogP contribution in [0.25, 0.3) is 0 Å². The molecule has 1 aromatic rings. The Balaban J connectivity index is 0.000001000. The molecule has 0 bridgehead atoms. The van der Waals surface area contributed by atoms with Crippen molar-refractivity contribution in [3.05, 3.63) is 29.8 Å². The lowest BCUT2D eigenvalue weighted by molar-refractivity contribution is 0.475. The number of phenolic OH excluding ortho intramolecular Hbond substituents is 1. The summed E-state index contributed by atoms with van der Waals surface area (Å²) in [7, 11) is 0. The molecule has 3 N–H and O–H groups in total. The molecule has 0 aliphatic heterocycles. The Hall–Kier alpha value is -0.730. The fraction of sp³-hybridized carbons (Fsp3) is 0.250. The van der Waals surface area contributed by atoms with Gasteiger partial charge in [0.05, 0.1) is 0 Å². The minimum atomic E-state index is 0. The average molecular weight is 176 g/mol. The largest absolute Gasteiger partial charge is 0.508 e. The summed E-state index contributed by atoms with van der Waals surface area (Å²) in [5.74, 6) is 0.306. The summed E-state index contributed by atoms with van der Waals surface area (Å²) >= 11 is 0. The zero-order valence-electron chi connectivity index (χ0n) is 6.16. The summed E-state index contributed by atoms with van der Waals surface area (Å²) in [6.07, 6.45) is 0.875. The molecule has 0 atom stereocenters. The minimum absolute atomic E-state index is 0. The first kappa shape index (κ1) is 10.3. The summed E-state index contributed by atoms with van der Waals surface area (Å²) < 4.78 is 0. The summed E-state index contributed by atoms with van der Waals surface area (Å²) in [6.45, 7) is 0.658. The molecule has 0 amide bonds. The summed E-state index contributed by atoms with van der Waals surface area (Å²) in [6, 6.07) is 7.10. The summed E-state index contributed by atoms with van der Waals surface area (Å²) in [4.78, 5) is 0. The number of aromatic hydroxyl groups is 1. The van der Waals surface area contributed by atoms with Crippen molar-refractivity contribution in [1.82, 2.24) is 0 Å². The number of hydrogen-bond acceptors (Lipinski definition) is 2. The van der Waals surface area contributed by atoms with Crippen LogP contribution in [0.2, 0.25) is 0 Å². The molecule has 0 saturated heterocycles. The number of benzene rings is 1. The van der Waals surface area contributed by atoms with E-state index >= 15 is 0 Å². The molecular formula is C8H12ClNO. The van der Waals surface area contributed by atoms with Crippen LogP contribution in [0.4, 0.5) is 0 Å². The highest BCUT2D eigenvalue weighted by Crippen LogP contribution is 2.09. The Kier molecular flexibility index (Phi) is 4.66. The van der Waals surface area contributed by atoms with E-state index in [1.54, 1.807) is 12.1 Å². The number of rotatable bonds is 2. The molecule has 0 radical (unpaired) electrons. The van der Waals surface area contributed by atoms with Crippen LogP contribution in [0.15, 0.2) is 24.3 Å². The third kappa shape index (κ3) is 3.25. The van der Waals surface area contributed by atoms with Gasteiger partial charge in [-0.15, -0.1) is 12.4 Å². The van der Waals surface area contributed by atoms with E-state index < -0.39 is 0 Å². The van der Waals surface area contributed by atoms with Crippen LogP contribution in [0.1, 0.15) is 5.56 Å². The van der Waals surface area contributed by atoms with Crippen LogP contribution in [-0.4, -0.2) is 11.7 Å². The maximum Gasteiger partial charge on any atom is 0.115 e. The second-order valence-electron chi connectivity index (χ2n) is 2.21. The van der Waals surface area contributed by atoms with Gasteiger partial charge in [0.15, 0.2) is 0 Å². The molecule has 0 saturated carbocycles. The number of phenols is 1. The standard InChI is InChI=1S/C8H11NO.ClH/c9-6-5-7-1-3-8(10)4-2-7;/h1-4,10H,5-6,9H2;1H/i5+2;. The molecule has 0 heterocycles. The topological polar surface area (TPSA) is 46.2 Å². The first-order chi connectivity index (χ1) is 4.83. The van der Waals surface area contributed by atoms with E-state index in [1.807, 2.05) is 12.1 Å². The Morgan fingerprint density at radius 2 is 1.82 bits per heavy atom. The predicted octanol–water partition coefficient (Wildman–Crippen LogP) is 1.32. The molecule has 11 heavy (non-hydrogen) atoms. The van der Waals surface area contributed by atoms with Gasteiger partial charge in [0.1, 0.15) is 5.75 Å². The van der Waals surface area contributed by atoms with Gasteiger partial charge in [-0.05, 0) is 30.7 Å². The van der Waals surface area contributed by atoms with Gasteiger partial charge in [0.25, 0.3) is 0 Å². The van der Waals surface area contributed by atoms with Gasteiger partial charge in [0.2, 0.25) is 0 Å². The van der Waals surface area contributed by atoms with Crippen molar-refractivity contribution in [1.29, 1.82) is 0 Å². The van der Waals surface area contributed by atoms with Crippen molar-refractivity contribution in [2.24, 2.45) is 5.73 Å². The quantitative estimate of drug-likeness (QED) is 0.712. The highest BCUT2D eigenvalue weighted by Gasteiger charge is 1.89. The molecule has 0 fully saturated rings. The van der Waals surface area contributed by atoms with E-state index in [-0.39, 0.29) is 12.4 Å². The highest BCUT2D eigenvalue weighted by atomic mass is 35.5. The van der Waals surface area contributed by atoms with Gasteiger partial charge in [-0.3, -0.25) is 0 Å². The maximum atomic E-state index is 8.89. The summed E-state index contributed by atoms with van der Waals surface area (Å²) in [5, 5.41) is 8.89. The van der Waals surface area contributed by atoms with Gasteiger partial charge < -0.3 is 10.8 Å². The monoisotopic (exact) mass is 175 g/mol. The molecule has 0 spiro atoms. The average Bonchev–Trinajstić information content (AvgIpc) is 1.95. The van der Waals surface area contributed by atoms with Crippen LogP contribution < -0.4 is 5.73 Å². The van der Waals surface area contributed by atoms with Crippen molar-refractivity contribution in [3.63, 3.8) is 0 Å². The molecule has 1 aromatic carbocycles. The Labute approximate surface area is 72.4 Å². The third-order valence-corrected chi connectivity index (χ3v) is 1.37. The van der Waals surface area contributed by atoms with Gasteiger partial charge >= 0.3 is 0 Å². The lowest BCUT2D eigenvalue weighted by Crippen LogP contribution is -2.01. The van der Waals surface area contributed by atoms with E-state index in [2.05, 4.69) is 0 Å². The van der Waals surface area contributed by atoms with Crippen LogP contribution >= 0.6 is 12.4 Å². The van der Waals surface area contributed by atoms with E-state index in [4.69, 9.17) is 10.8 Å². The van der Waals surface area contributed by atoms with E-state index in [1.165, 1.54) is 5.56 Å². The predicted molar refractivity (Wildman–Crippen MR) is 48.1 cm³/mol. The first-order valence-corrected chi connectivity index (χ1v) is 3.31. The van der Waals surface area contributed by atoms with E-state index in [0.29, 0.717) is 12.3 Å². The first-order valence-electron chi connectivity index (χ1n) is 3.31. The second-order valence-corrected chi connectivity index (χ2v) is 2.21. The molecule has 62 valence electrons. The van der Waals surface area contributed by atoms with Crippen molar-refractivity contribution in [3.8, 4) is 5.75 Å². The number of halogens is 1. The summed E-state index contributed by atoms with van der Waals surface area (Å²) in [5.41, 5.74) is 6.50. The van der Waals surface area contributed by atoms with Gasteiger partial charge in [-0.2, -0.15) is 0 Å². The van der Waals surface area contributed by atoms with Gasteiger partial charge in [-0.25, -0.2) is 0 Å². The highest BCUT2D eigenvalue weighted by molar-refractivity contribution is 5.85. The zero-order valence-corrected chi connectivity index (χ0v) is 6.97. The molecule has 2 nitrogen and oxygen atoms in total. The van der Waals surface area contributed by atoms with E-state index in [0.717, 1.165) is 6.42 Å². The fourth-order valence-electron chi connectivity index (χ4n) is 0.829. The molecule has 0 aliphatic carbocycles. The Morgan fingerprint density at radius 1 is 1.27 bits per heavy atom. The van der Waals surface area contributed by atoms with Gasteiger partial charge in [-0.1, -0.05) is 12.1 Å². The number of hydrogen-bond donors (Lipinski definition) is 2. The molecule has 0 aromatic heterocycles. The van der Waals surface area contributed by atoms with Crippen LogP contribution in [0.3, 0.4) is 0 Å². The lowest BCUT2D eigenvalue weighted by Gasteiger charge is -1.96. The van der Waals surface area contributed by atoms with Crippen LogP contribution in [-0.2, 0) is 6.42 Å². The maximum absolute atomic E-state index is 8.89. The van der Waals surface area contributed by atoms with Crippen molar-refractivity contribution < 1.29 is 5.11 Å². The van der Waals surface area contributed by atoms with Gasteiger partial charge in [0, 0.05) is 0 Å². The Bertz CT molecular complexity index is 198. The lowest BCUT2D eigenvalue weighted by atomic mass is 10.3. The number of nitrogens with two attached hydrogens (primary N) is 1. The zero-order chi connectivity index (χ0) is 7.40. The Morgan fingerprint density at radius 3 is 2.27 bits per heavy atom. The molecular weight excluding hydrogens is 164 g/mol.